The van der Waals surface area contributed by atoms with Crippen LogP contribution in [0.1, 0.15) is 90.4 Å². The Labute approximate surface area is 175 Å². The van der Waals surface area contributed by atoms with Gasteiger partial charge in [-0.2, -0.15) is 0 Å². The molecule has 3 unspecified atom stereocenters. The number of fused-ring (bicyclic) bond motifs is 5. The average Bonchev–Trinajstić information content (AvgIpc) is 3.03. The molecule has 3 N–H and O–H groups in total. The zero-order chi connectivity index (χ0) is 23.9. The number of carboxylic acid groups (broad SMARTS) is 1. The average molecular weight is 397 g/mol. The van der Waals surface area contributed by atoms with Crippen LogP contribution in [-0.4, -0.2) is 33.5 Å². The Morgan fingerprint density at radius 2 is 1.86 bits per heavy atom. The van der Waals surface area contributed by atoms with Gasteiger partial charge in [0.15, 0.2) is 0 Å². The van der Waals surface area contributed by atoms with Crippen LogP contribution in [0, 0.1) is 46.3 Å². The lowest BCUT2D eigenvalue weighted by Gasteiger charge is -2.62. The Bertz CT molecular complexity index is 760. The second kappa shape index (κ2) is 7.27. The van der Waals surface area contributed by atoms with Gasteiger partial charge in [0.25, 0.3) is 0 Å². The molecule has 0 aromatic carbocycles. The Hall–Kier alpha value is -0.610. The Balaban J connectivity index is 1.64. The molecule has 0 bridgehead atoms. The van der Waals surface area contributed by atoms with Crippen LogP contribution >= 0.6 is 0 Å². The monoisotopic (exact) mass is 396 g/mol. The summed E-state index contributed by atoms with van der Waals surface area (Å²) in [5.74, 6) is -0.291. The van der Waals surface area contributed by atoms with E-state index in [1.165, 1.54) is 0 Å². The smallest absolute Gasteiger partial charge is 0.303 e. The highest BCUT2D eigenvalue weighted by Gasteiger charge is 2.62. The molecule has 4 fully saturated rings. The number of aliphatic hydroxyl groups is 2. The van der Waals surface area contributed by atoms with Crippen molar-refractivity contribution in [3.8, 4) is 0 Å². The molecule has 0 aromatic rings. The highest BCUT2D eigenvalue weighted by atomic mass is 16.4. The molecule has 28 heavy (non-hydrogen) atoms. The van der Waals surface area contributed by atoms with Crippen molar-refractivity contribution in [3.63, 3.8) is 0 Å². The Morgan fingerprint density at radius 3 is 2.57 bits per heavy atom. The van der Waals surface area contributed by atoms with Crippen LogP contribution in [0.25, 0.3) is 0 Å². The molecule has 0 saturated heterocycles. The first kappa shape index (κ1) is 16.1. The van der Waals surface area contributed by atoms with Gasteiger partial charge in [0.1, 0.15) is 0 Å². The number of rotatable bonds is 4. The van der Waals surface area contributed by atoms with Crippen LogP contribution in [0.5, 0.6) is 0 Å². The molecule has 0 aromatic heterocycles. The van der Waals surface area contributed by atoms with Crippen LogP contribution in [0.3, 0.4) is 0 Å². The summed E-state index contributed by atoms with van der Waals surface area (Å²) in [5.41, 5.74) is -0.583. The van der Waals surface area contributed by atoms with E-state index in [0.717, 1.165) is 25.7 Å². The summed E-state index contributed by atoms with van der Waals surface area (Å²) in [6, 6.07) is 0. The quantitative estimate of drug-likeness (QED) is 0.655. The maximum atomic E-state index is 11.3. The van der Waals surface area contributed by atoms with Crippen LogP contribution in [-0.2, 0) is 4.79 Å². The number of hydrogen-bond acceptors (Lipinski definition) is 3. The van der Waals surface area contributed by atoms with E-state index < -0.39 is 42.3 Å². The molecular weight excluding hydrogens is 352 g/mol. The Morgan fingerprint density at radius 1 is 1.14 bits per heavy atom. The molecule has 4 heteroatoms. The molecule has 0 spiro atoms. The van der Waals surface area contributed by atoms with Crippen LogP contribution in [0.2, 0.25) is 0 Å². The second-order valence-electron chi connectivity index (χ2n) is 10.7. The van der Waals surface area contributed by atoms with Gasteiger partial charge in [-0.25, -0.2) is 0 Å². The molecule has 0 heterocycles. The summed E-state index contributed by atoms with van der Waals surface area (Å²) in [6.45, 7) is 6.48. The number of aliphatic hydroxyl groups excluding tert-OH is 2. The van der Waals surface area contributed by atoms with E-state index in [4.69, 9.17) is 10.6 Å². The number of aliphatic carboxylic acids is 1. The van der Waals surface area contributed by atoms with Gasteiger partial charge in [-0.15, -0.1) is 0 Å². The molecule has 0 radical (unpaired) electrons. The Kier molecular flexibility index (Phi) is 4.19. The van der Waals surface area contributed by atoms with Gasteiger partial charge in [-0.05, 0) is 104 Å². The standard InChI is InChI=1S/C24H40O4/c1-14(4-7-21(27)28)17-5-6-18-22-19(9-11-24(17,18)3)23(2)10-8-16(25)12-15(23)13-20(22)26/h14-20,22,25-26H,4-13H2,1-3H3,(H,27,28)/t14-,15+,16+,17-,18?,19?,20+,22?,23+,24-/m1/s1/i8D2,12D2. The predicted molar refractivity (Wildman–Crippen MR) is 109 cm³/mol. The summed E-state index contributed by atoms with van der Waals surface area (Å²) >= 11 is 0. The van der Waals surface area contributed by atoms with E-state index in [-0.39, 0.29) is 42.4 Å². The highest BCUT2D eigenvalue weighted by molar-refractivity contribution is 5.66. The number of hydrogen-bond donors (Lipinski definition) is 3. The minimum absolute atomic E-state index is 0.00789. The van der Waals surface area contributed by atoms with Crippen LogP contribution < -0.4 is 0 Å². The molecule has 10 atom stereocenters. The van der Waals surface area contributed by atoms with E-state index in [9.17, 15) is 15.0 Å². The maximum Gasteiger partial charge on any atom is 0.303 e. The molecule has 4 aliphatic carbocycles. The third-order valence-corrected chi connectivity index (χ3v) is 9.51. The van der Waals surface area contributed by atoms with Crippen molar-refractivity contribution in [1.82, 2.24) is 0 Å². The fraction of sp³-hybridized carbons (Fsp3) is 0.958. The van der Waals surface area contributed by atoms with E-state index in [1.54, 1.807) is 0 Å². The maximum absolute atomic E-state index is 11.3. The predicted octanol–water partition coefficient (Wildman–Crippen LogP) is 4.48. The lowest BCUT2D eigenvalue weighted by atomic mass is 9.43. The van der Waals surface area contributed by atoms with Crippen LogP contribution in [0.4, 0.5) is 0 Å². The van der Waals surface area contributed by atoms with Crippen molar-refractivity contribution >= 4 is 5.97 Å². The van der Waals surface area contributed by atoms with Gasteiger partial charge in [-0.1, -0.05) is 20.8 Å². The van der Waals surface area contributed by atoms with Gasteiger partial charge in [0, 0.05) is 11.9 Å². The molecule has 4 rings (SSSR count). The van der Waals surface area contributed by atoms with Crippen molar-refractivity contribution in [1.29, 1.82) is 0 Å². The largest absolute Gasteiger partial charge is 0.481 e. The molecule has 4 saturated carbocycles. The first-order chi connectivity index (χ1) is 14.7. The zero-order valence-corrected chi connectivity index (χ0v) is 17.5. The zero-order valence-electron chi connectivity index (χ0n) is 21.5. The molecule has 0 aliphatic heterocycles. The second-order valence-corrected chi connectivity index (χ2v) is 10.7. The minimum Gasteiger partial charge on any atom is -0.481 e. The highest BCUT2D eigenvalue weighted by Crippen LogP contribution is 2.68. The van der Waals surface area contributed by atoms with Crippen molar-refractivity contribution < 1.29 is 25.6 Å². The fourth-order valence-corrected chi connectivity index (χ4v) is 8.03. The number of carboxylic acids is 1. The van der Waals surface area contributed by atoms with E-state index in [0.29, 0.717) is 18.3 Å². The SMILES string of the molecule is [2H]C1([2H])C[C@]2(C)C3CC[C@@]4(C)C(CC[C@@H]4[C@H](C)CCC(=O)O)C3[C@@H](O)C[C@@H]2C([2H])([2H])[C@H]1O. The van der Waals surface area contributed by atoms with Gasteiger partial charge >= 0.3 is 5.97 Å². The molecule has 4 nitrogen and oxygen atoms in total. The molecule has 160 valence electrons. The third-order valence-electron chi connectivity index (χ3n) is 9.51. The van der Waals surface area contributed by atoms with Crippen molar-refractivity contribution in [2.45, 2.75) is 97.1 Å². The lowest BCUT2D eigenvalue weighted by Crippen LogP contribution is -2.58. The van der Waals surface area contributed by atoms with Crippen molar-refractivity contribution in [2.75, 3.05) is 0 Å². The van der Waals surface area contributed by atoms with Gasteiger partial charge in [0.05, 0.1) is 12.2 Å². The first-order valence-electron chi connectivity index (χ1n) is 13.2. The van der Waals surface area contributed by atoms with Gasteiger partial charge < -0.3 is 15.3 Å². The lowest BCUT2D eigenvalue weighted by molar-refractivity contribution is -0.174. The summed E-state index contributed by atoms with van der Waals surface area (Å²) < 4.78 is 34.0. The summed E-state index contributed by atoms with van der Waals surface area (Å²) in [4.78, 5) is 11.1. The van der Waals surface area contributed by atoms with E-state index >= 15 is 0 Å². The van der Waals surface area contributed by atoms with Gasteiger partial charge in [0.2, 0.25) is 0 Å². The number of carbonyl (C=O) groups is 1. The topological polar surface area (TPSA) is 77.8 Å². The fourth-order valence-electron chi connectivity index (χ4n) is 8.03. The van der Waals surface area contributed by atoms with E-state index in [2.05, 4.69) is 13.8 Å². The first-order valence-corrected chi connectivity index (χ1v) is 11.2. The minimum atomic E-state index is -2.08. The molecular formula is C24H40O4. The summed E-state index contributed by atoms with van der Waals surface area (Å²) in [5, 5.41) is 31.0. The van der Waals surface area contributed by atoms with Crippen molar-refractivity contribution in [3.05, 3.63) is 0 Å². The van der Waals surface area contributed by atoms with Gasteiger partial charge in [-0.3, -0.25) is 4.79 Å². The molecule has 4 aliphatic rings. The molecule has 0 amide bonds. The summed E-state index contributed by atoms with van der Waals surface area (Å²) in [6.07, 6.45) is -1.38. The normalized spacial score (nSPS) is 57.4. The van der Waals surface area contributed by atoms with Crippen LogP contribution in [0.15, 0.2) is 0 Å². The third kappa shape index (κ3) is 3.14. The van der Waals surface area contributed by atoms with E-state index in [1.807, 2.05) is 6.92 Å². The summed E-state index contributed by atoms with van der Waals surface area (Å²) in [7, 11) is 0. The van der Waals surface area contributed by atoms with Crippen molar-refractivity contribution in [2.24, 2.45) is 46.3 Å².